The van der Waals surface area contributed by atoms with Gasteiger partial charge in [-0.15, -0.1) is 11.6 Å². The van der Waals surface area contributed by atoms with Crippen molar-refractivity contribution in [2.24, 2.45) is 0 Å². The molecule has 0 bridgehead atoms. The standard InChI is InChI=1S/C22H20ClF3N4O3/c1-2-33-20(32)21(13-29(14-21)18-8-5-16(10-27)11-28-18)30(19(31)9-23)12-15-3-6-17(7-4-15)22(24,25)26/h3-8,11H,2,9,12-14H2,1H3. The molecule has 11 heteroatoms. The number of rotatable bonds is 7. The number of anilines is 1. The Hall–Kier alpha value is -3.32. The average molecular weight is 481 g/mol. The summed E-state index contributed by atoms with van der Waals surface area (Å²) in [6.45, 7) is 1.69. The summed E-state index contributed by atoms with van der Waals surface area (Å²) in [7, 11) is 0. The molecule has 0 N–H and O–H groups in total. The zero-order chi connectivity index (χ0) is 24.2. The lowest BCUT2D eigenvalue weighted by Crippen LogP contribution is -2.75. The summed E-state index contributed by atoms with van der Waals surface area (Å²) in [5.41, 5.74) is -1.43. The van der Waals surface area contributed by atoms with E-state index >= 15 is 0 Å². The van der Waals surface area contributed by atoms with E-state index in [0.29, 0.717) is 16.9 Å². The molecule has 0 aliphatic carbocycles. The van der Waals surface area contributed by atoms with Gasteiger partial charge in [-0.2, -0.15) is 18.4 Å². The summed E-state index contributed by atoms with van der Waals surface area (Å²) >= 11 is 5.81. The number of pyridine rings is 1. The van der Waals surface area contributed by atoms with Crippen LogP contribution < -0.4 is 4.90 Å². The molecule has 1 saturated heterocycles. The molecule has 0 unspecified atom stereocenters. The van der Waals surface area contributed by atoms with Gasteiger partial charge in [-0.25, -0.2) is 9.78 Å². The summed E-state index contributed by atoms with van der Waals surface area (Å²) in [6.07, 6.45) is -3.09. The Kier molecular flexibility index (Phi) is 7.12. The fourth-order valence-electron chi connectivity index (χ4n) is 3.59. The lowest BCUT2D eigenvalue weighted by Gasteiger charge is -2.53. The summed E-state index contributed by atoms with van der Waals surface area (Å²) in [4.78, 5) is 32.9. The van der Waals surface area contributed by atoms with Crippen LogP contribution >= 0.6 is 11.6 Å². The zero-order valence-corrected chi connectivity index (χ0v) is 18.4. The number of alkyl halides is 4. The van der Waals surface area contributed by atoms with Crippen LogP contribution in [0.4, 0.5) is 19.0 Å². The van der Waals surface area contributed by atoms with Gasteiger partial charge in [-0.05, 0) is 36.8 Å². The summed E-state index contributed by atoms with van der Waals surface area (Å²) in [5.74, 6) is -1.12. The topological polar surface area (TPSA) is 86.5 Å². The molecule has 1 fully saturated rings. The van der Waals surface area contributed by atoms with E-state index in [1.165, 1.54) is 23.2 Å². The van der Waals surface area contributed by atoms with Gasteiger partial charge in [-0.1, -0.05) is 12.1 Å². The number of carbonyl (C=O) groups excluding carboxylic acids is 2. The number of hydrogen-bond donors (Lipinski definition) is 0. The molecule has 1 aliphatic heterocycles. The molecule has 2 aromatic rings. The fourth-order valence-corrected chi connectivity index (χ4v) is 3.74. The van der Waals surface area contributed by atoms with Crippen molar-refractivity contribution in [3.05, 3.63) is 59.3 Å². The van der Waals surface area contributed by atoms with E-state index in [4.69, 9.17) is 21.6 Å². The molecule has 1 aromatic heterocycles. The number of amides is 1. The normalized spacial score (nSPS) is 14.7. The number of carbonyl (C=O) groups is 2. The molecular formula is C22H20ClF3N4O3. The first kappa shape index (κ1) is 24.3. The third-order valence-electron chi connectivity index (χ3n) is 5.32. The summed E-state index contributed by atoms with van der Waals surface area (Å²) in [5, 5.41) is 8.93. The number of hydrogen-bond acceptors (Lipinski definition) is 6. The third kappa shape index (κ3) is 5.03. The lowest BCUT2D eigenvalue weighted by molar-refractivity contribution is -0.166. The van der Waals surface area contributed by atoms with Crippen LogP contribution in [0.2, 0.25) is 0 Å². The van der Waals surface area contributed by atoms with Crippen LogP contribution in [0.3, 0.4) is 0 Å². The second-order valence-electron chi connectivity index (χ2n) is 7.43. The van der Waals surface area contributed by atoms with E-state index in [0.717, 1.165) is 12.1 Å². The Morgan fingerprint density at radius 1 is 1.24 bits per heavy atom. The smallest absolute Gasteiger partial charge is 0.416 e. The number of aromatic nitrogens is 1. The Morgan fingerprint density at radius 3 is 2.39 bits per heavy atom. The zero-order valence-electron chi connectivity index (χ0n) is 17.6. The monoisotopic (exact) mass is 480 g/mol. The molecule has 0 radical (unpaired) electrons. The van der Waals surface area contributed by atoms with Gasteiger partial charge in [0, 0.05) is 12.7 Å². The Morgan fingerprint density at radius 2 is 1.91 bits per heavy atom. The molecule has 1 aliphatic rings. The van der Waals surface area contributed by atoms with Crippen LogP contribution in [0.5, 0.6) is 0 Å². The molecule has 7 nitrogen and oxygen atoms in total. The van der Waals surface area contributed by atoms with Crippen molar-refractivity contribution >= 4 is 29.3 Å². The van der Waals surface area contributed by atoms with Crippen molar-refractivity contribution in [1.82, 2.24) is 9.88 Å². The summed E-state index contributed by atoms with van der Waals surface area (Å²) in [6, 6.07) is 9.53. The first-order chi connectivity index (χ1) is 15.6. The number of halogens is 4. The highest BCUT2D eigenvalue weighted by Crippen LogP contribution is 2.35. The van der Waals surface area contributed by atoms with E-state index in [1.807, 2.05) is 6.07 Å². The highest BCUT2D eigenvalue weighted by atomic mass is 35.5. The maximum atomic E-state index is 13.0. The van der Waals surface area contributed by atoms with Crippen LogP contribution in [-0.2, 0) is 27.0 Å². The molecule has 33 heavy (non-hydrogen) atoms. The maximum Gasteiger partial charge on any atom is 0.416 e. The quantitative estimate of drug-likeness (QED) is 0.446. The first-order valence-electron chi connectivity index (χ1n) is 9.95. The molecule has 0 saturated carbocycles. The highest BCUT2D eigenvalue weighted by molar-refractivity contribution is 6.27. The van der Waals surface area contributed by atoms with Gasteiger partial charge < -0.3 is 14.5 Å². The van der Waals surface area contributed by atoms with Gasteiger partial charge in [0.2, 0.25) is 5.91 Å². The number of nitriles is 1. The van der Waals surface area contributed by atoms with Crippen LogP contribution in [0.15, 0.2) is 42.6 Å². The van der Waals surface area contributed by atoms with Crippen molar-refractivity contribution < 1.29 is 27.5 Å². The van der Waals surface area contributed by atoms with Crippen molar-refractivity contribution in [2.75, 3.05) is 30.5 Å². The van der Waals surface area contributed by atoms with Gasteiger partial charge in [0.15, 0.2) is 5.54 Å². The van der Waals surface area contributed by atoms with Crippen molar-refractivity contribution in [2.45, 2.75) is 25.2 Å². The first-order valence-corrected chi connectivity index (χ1v) is 10.5. The van der Waals surface area contributed by atoms with Gasteiger partial charge in [0.05, 0.1) is 30.8 Å². The minimum absolute atomic E-state index is 0.0496. The minimum atomic E-state index is -4.49. The van der Waals surface area contributed by atoms with Crippen LogP contribution in [0, 0.1) is 11.3 Å². The van der Waals surface area contributed by atoms with Crippen molar-refractivity contribution in [3.63, 3.8) is 0 Å². The van der Waals surface area contributed by atoms with Crippen LogP contribution in [0.25, 0.3) is 0 Å². The third-order valence-corrected chi connectivity index (χ3v) is 5.54. The van der Waals surface area contributed by atoms with Gasteiger partial charge >= 0.3 is 12.1 Å². The van der Waals surface area contributed by atoms with Gasteiger partial charge in [0.1, 0.15) is 17.8 Å². The largest absolute Gasteiger partial charge is 0.464 e. The minimum Gasteiger partial charge on any atom is -0.464 e. The SMILES string of the molecule is CCOC(=O)C1(N(Cc2ccc(C(F)(F)F)cc2)C(=O)CCl)CN(c2ccc(C#N)cn2)C1. The Labute approximate surface area is 193 Å². The molecule has 2 heterocycles. The molecule has 0 atom stereocenters. The predicted octanol–water partition coefficient (Wildman–Crippen LogP) is 3.36. The average Bonchev–Trinajstić information content (AvgIpc) is 2.77. The van der Waals surface area contributed by atoms with Gasteiger partial charge in [-0.3, -0.25) is 4.79 Å². The van der Waals surface area contributed by atoms with E-state index in [1.54, 1.807) is 24.0 Å². The maximum absolute atomic E-state index is 13.0. The second-order valence-corrected chi connectivity index (χ2v) is 7.70. The van der Waals surface area contributed by atoms with E-state index < -0.39 is 35.0 Å². The van der Waals surface area contributed by atoms with Crippen LogP contribution in [-0.4, -0.2) is 52.9 Å². The number of benzene rings is 1. The van der Waals surface area contributed by atoms with E-state index in [-0.39, 0.29) is 26.2 Å². The highest BCUT2D eigenvalue weighted by Gasteiger charge is 2.57. The molecule has 1 amide bonds. The Bertz CT molecular complexity index is 1050. The Balaban J connectivity index is 1.89. The van der Waals surface area contributed by atoms with E-state index in [9.17, 15) is 22.8 Å². The van der Waals surface area contributed by atoms with Crippen molar-refractivity contribution in [3.8, 4) is 6.07 Å². The molecule has 0 spiro atoms. The molecule has 3 rings (SSSR count). The van der Waals surface area contributed by atoms with Crippen LogP contribution in [0.1, 0.15) is 23.6 Å². The summed E-state index contributed by atoms with van der Waals surface area (Å²) < 4.78 is 43.9. The predicted molar refractivity (Wildman–Crippen MR) is 113 cm³/mol. The number of ether oxygens (including phenoxy) is 1. The number of esters is 1. The molecule has 1 aromatic carbocycles. The second kappa shape index (κ2) is 9.67. The number of nitrogens with zero attached hydrogens (tertiary/aromatic N) is 4. The molecule has 174 valence electrons. The van der Waals surface area contributed by atoms with Gasteiger partial charge in [0.25, 0.3) is 0 Å². The van der Waals surface area contributed by atoms with Crippen molar-refractivity contribution in [1.29, 1.82) is 5.26 Å². The van der Waals surface area contributed by atoms with E-state index in [2.05, 4.69) is 4.98 Å². The fraction of sp³-hybridized carbons (Fsp3) is 0.364. The molecular weight excluding hydrogens is 461 g/mol. The lowest BCUT2D eigenvalue weighted by atomic mass is 9.86.